The molecule has 4 bridgehead atoms. The van der Waals surface area contributed by atoms with E-state index in [1.54, 1.807) is 15.7 Å². The first-order valence-corrected chi connectivity index (χ1v) is 18.3. The summed E-state index contributed by atoms with van der Waals surface area (Å²) in [4.78, 5) is 78.5. The standard InChI is InChI=1S/C34H43N7O5S2/c1-22(2)30-34-38-25(20-48-34)31(45)35-14-9-16-41(29(44)13-17-40-15-8-4-7-12-28(40)43)19-27(42)36-24(18-23-10-5-3-6-11-23)33-37-26(21-47-33)32(46)39-30/h3,5-6,10-11,20-22,24,30H,4,7-9,12-19H2,1-2H3,(H,35,45)(H,36,42)(H,39,46)/t24-,30-/m0/s1. The molecule has 3 N–H and O–H groups in total. The van der Waals surface area contributed by atoms with Gasteiger partial charge in [-0.15, -0.1) is 22.7 Å². The zero-order valence-corrected chi connectivity index (χ0v) is 29.0. The van der Waals surface area contributed by atoms with Crippen LogP contribution in [0.3, 0.4) is 0 Å². The highest BCUT2D eigenvalue weighted by Gasteiger charge is 2.28. The molecular weight excluding hydrogens is 651 g/mol. The van der Waals surface area contributed by atoms with E-state index in [4.69, 9.17) is 0 Å². The van der Waals surface area contributed by atoms with Crippen molar-refractivity contribution in [1.29, 1.82) is 0 Å². The lowest BCUT2D eigenvalue weighted by molar-refractivity contribution is -0.137. The second-order valence-electron chi connectivity index (χ2n) is 12.5. The van der Waals surface area contributed by atoms with Crippen LogP contribution in [0.1, 0.15) is 101 Å². The van der Waals surface area contributed by atoms with Gasteiger partial charge in [-0.1, -0.05) is 50.6 Å². The zero-order chi connectivity index (χ0) is 34.0. The summed E-state index contributed by atoms with van der Waals surface area (Å²) in [5, 5.41) is 13.5. The number of hydrogen-bond acceptors (Lipinski definition) is 9. The Balaban J connectivity index is 1.39. The Morgan fingerprint density at radius 1 is 0.896 bits per heavy atom. The lowest BCUT2D eigenvalue weighted by atomic mass is 10.0. The monoisotopic (exact) mass is 693 g/mol. The topological polar surface area (TPSA) is 154 Å². The van der Waals surface area contributed by atoms with Gasteiger partial charge in [0.25, 0.3) is 11.8 Å². The highest BCUT2D eigenvalue weighted by Crippen LogP contribution is 2.27. The molecule has 48 heavy (non-hydrogen) atoms. The molecule has 2 aromatic heterocycles. The molecule has 0 saturated carbocycles. The number of thiazole rings is 2. The van der Waals surface area contributed by atoms with E-state index in [0.717, 1.165) is 24.8 Å². The van der Waals surface area contributed by atoms with Crippen molar-refractivity contribution in [2.24, 2.45) is 5.92 Å². The van der Waals surface area contributed by atoms with Crippen LogP contribution in [-0.4, -0.2) is 82.0 Å². The normalized spacial score (nSPS) is 20.2. The Morgan fingerprint density at radius 3 is 2.40 bits per heavy atom. The minimum absolute atomic E-state index is 0.00524. The summed E-state index contributed by atoms with van der Waals surface area (Å²) < 4.78 is 0. The van der Waals surface area contributed by atoms with E-state index in [1.165, 1.54) is 27.6 Å². The van der Waals surface area contributed by atoms with Crippen molar-refractivity contribution in [1.82, 2.24) is 35.7 Å². The number of rotatable bonds is 6. The molecule has 0 spiro atoms. The average molecular weight is 694 g/mol. The number of benzene rings is 1. The molecular formula is C34H43N7O5S2. The van der Waals surface area contributed by atoms with E-state index >= 15 is 0 Å². The van der Waals surface area contributed by atoms with Gasteiger partial charge in [0, 0.05) is 49.8 Å². The first-order chi connectivity index (χ1) is 23.2. The van der Waals surface area contributed by atoms with Gasteiger partial charge in [-0.2, -0.15) is 0 Å². The SMILES string of the molecule is CC(C)[C@@H]1NC(=O)c2csc(n2)[C@H](Cc2ccccc2)NC(=O)CN(C(=O)CCN2CCCCCC2=O)CCCNC(=O)c2csc1n2. The number of hydrogen-bond donors (Lipinski definition) is 3. The summed E-state index contributed by atoms with van der Waals surface area (Å²) >= 11 is 2.60. The maximum absolute atomic E-state index is 13.6. The molecule has 0 aliphatic carbocycles. The predicted octanol–water partition coefficient (Wildman–Crippen LogP) is 3.88. The summed E-state index contributed by atoms with van der Waals surface area (Å²) in [6.45, 7) is 5.18. The molecule has 1 fully saturated rings. The number of fused-ring (bicyclic) bond motifs is 4. The molecule has 5 amide bonds. The minimum Gasteiger partial charge on any atom is -0.351 e. The van der Waals surface area contributed by atoms with E-state index in [0.29, 0.717) is 42.4 Å². The van der Waals surface area contributed by atoms with Crippen molar-refractivity contribution in [2.45, 2.75) is 70.9 Å². The summed E-state index contributed by atoms with van der Waals surface area (Å²) in [7, 11) is 0. The van der Waals surface area contributed by atoms with Gasteiger partial charge >= 0.3 is 0 Å². The van der Waals surface area contributed by atoms with Crippen LogP contribution in [0.25, 0.3) is 0 Å². The van der Waals surface area contributed by atoms with Crippen LogP contribution in [0.4, 0.5) is 0 Å². The number of nitrogens with zero attached hydrogens (tertiary/aromatic N) is 4. The third kappa shape index (κ3) is 9.47. The maximum atomic E-state index is 13.6. The van der Waals surface area contributed by atoms with E-state index in [1.807, 2.05) is 44.2 Å². The number of aromatic nitrogens is 2. The molecule has 12 nitrogen and oxygen atoms in total. The van der Waals surface area contributed by atoms with Gasteiger partial charge in [-0.3, -0.25) is 24.0 Å². The van der Waals surface area contributed by atoms with E-state index in [-0.39, 0.29) is 72.9 Å². The molecule has 14 heteroatoms. The van der Waals surface area contributed by atoms with Crippen LogP contribution in [-0.2, 0) is 20.8 Å². The van der Waals surface area contributed by atoms with Gasteiger partial charge < -0.3 is 25.8 Å². The highest BCUT2D eigenvalue weighted by molar-refractivity contribution is 7.10. The molecule has 0 radical (unpaired) electrons. The minimum atomic E-state index is -0.540. The van der Waals surface area contributed by atoms with Crippen molar-refractivity contribution in [3.63, 3.8) is 0 Å². The first kappa shape index (κ1) is 35.1. The maximum Gasteiger partial charge on any atom is 0.271 e. The van der Waals surface area contributed by atoms with E-state index < -0.39 is 12.1 Å². The van der Waals surface area contributed by atoms with Crippen LogP contribution >= 0.6 is 22.7 Å². The van der Waals surface area contributed by atoms with Gasteiger partial charge in [0.05, 0.1) is 18.6 Å². The number of nitrogens with one attached hydrogen (secondary N) is 3. The van der Waals surface area contributed by atoms with Gasteiger partial charge in [0.15, 0.2) is 0 Å². The van der Waals surface area contributed by atoms with Crippen LogP contribution in [0.5, 0.6) is 0 Å². The van der Waals surface area contributed by atoms with Crippen molar-refractivity contribution < 1.29 is 24.0 Å². The Bertz CT molecular complexity index is 1590. The van der Waals surface area contributed by atoms with Crippen molar-refractivity contribution >= 4 is 52.2 Å². The molecule has 5 rings (SSSR count). The third-order valence-electron chi connectivity index (χ3n) is 8.49. The van der Waals surface area contributed by atoms with Crippen LogP contribution in [0, 0.1) is 5.92 Å². The van der Waals surface area contributed by atoms with Gasteiger partial charge in [0.2, 0.25) is 17.7 Å². The molecule has 256 valence electrons. The predicted molar refractivity (Wildman–Crippen MR) is 183 cm³/mol. The molecule has 2 aliphatic rings. The second-order valence-corrected chi connectivity index (χ2v) is 14.3. The Hall–Kier alpha value is -4.17. The molecule has 2 aliphatic heterocycles. The summed E-state index contributed by atoms with van der Waals surface area (Å²) in [5.74, 6) is -1.29. The van der Waals surface area contributed by atoms with Gasteiger partial charge in [0.1, 0.15) is 21.4 Å². The van der Waals surface area contributed by atoms with Crippen LogP contribution in [0.2, 0.25) is 0 Å². The lowest BCUT2D eigenvalue weighted by Gasteiger charge is -2.26. The number of amides is 5. The Morgan fingerprint density at radius 2 is 1.62 bits per heavy atom. The molecule has 2 atom stereocenters. The smallest absolute Gasteiger partial charge is 0.271 e. The fourth-order valence-corrected chi connectivity index (χ4v) is 7.67. The molecule has 4 heterocycles. The van der Waals surface area contributed by atoms with Gasteiger partial charge in [-0.05, 0) is 37.2 Å². The fourth-order valence-electron chi connectivity index (χ4n) is 5.80. The first-order valence-electron chi connectivity index (χ1n) is 16.6. The Kier molecular flexibility index (Phi) is 12.3. The van der Waals surface area contributed by atoms with Crippen LogP contribution in [0.15, 0.2) is 41.1 Å². The van der Waals surface area contributed by atoms with Gasteiger partial charge in [-0.25, -0.2) is 9.97 Å². The molecule has 1 saturated heterocycles. The fraction of sp³-hybridized carbons (Fsp3) is 0.500. The highest BCUT2D eigenvalue weighted by atomic mass is 32.1. The van der Waals surface area contributed by atoms with Crippen molar-refractivity contribution in [2.75, 3.05) is 32.7 Å². The molecule has 0 unspecified atom stereocenters. The average Bonchev–Trinajstić information content (AvgIpc) is 3.72. The summed E-state index contributed by atoms with van der Waals surface area (Å²) in [6, 6.07) is 8.72. The van der Waals surface area contributed by atoms with E-state index in [9.17, 15) is 24.0 Å². The second kappa shape index (κ2) is 16.8. The number of carbonyl (C=O) groups is 5. The summed E-state index contributed by atoms with van der Waals surface area (Å²) in [6.07, 6.45) is 4.20. The Labute approximate surface area is 288 Å². The molecule has 1 aromatic carbocycles. The number of carbonyl (C=O) groups excluding carboxylic acids is 5. The lowest BCUT2D eigenvalue weighted by Crippen LogP contribution is -2.44. The summed E-state index contributed by atoms with van der Waals surface area (Å²) in [5.41, 5.74) is 1.45. The van der Waals surface area contributed by atoms with Crippen LogP contribution < -0.4 is 16.0 Å². The largest absolute Gasteiger partial charge is 0.351 e. The van der Waals surface area contributed by atoms with Crippen molar-refractivity contribution in [3.05, 3.63) is 68.1 Å². The zero-order valence-electron chi connectivity index (χ0n) is 27.4. The quantitative estimate of drug-likeness (QED) is 0.354. The van der Waals surface area contributed by atoms with Crippen molar-refractivity contribution in [3.8, 4) is 0 Å². The van der Waals surface area contributed by atoms with E-state index in [2.05, 4.69) is 25.9 Å². The third-order valence-corrected chi connectivity index (χ3v) is 10.4. The number of likely N-dealkylation sites (tertiary alicyclic amines) is 1. The molecule has 3 aromatic rings.